The Bertz CT molecular complexity index is 1010. The molecule has 168 valence electrons. The fraction of sp³-hybridized carbons (Fsp3) is 0.560. The highest BCUT2D eigenvalue weighted by Gasteiger charge is 2.67. The topological polar surface area (TPSA) is 65.5 Å². The average molecular weight is 451 g/mol. The van der Waals surface area contributed by atoms with Crippen molar-refractivity contribution < 1.29 is 18.9 Å². The molecule has 1 saturated heterocycles. The first kappa shape index (κ1) is 22.0. The number of nitrogens with zero attached hydrogens (tertiary/aromatic N) is 1. The van der Waals surface area contributed by atoms with Crippen molar-refractivity contribution in [2.45, 2.75) is 70.4 Å². The molecule has 32 heavy (non-hydrogen) atoms. The van der Waals surface area contributed by atoms with Crippen LogP contribution in [-0.4, -0.2) is 35.9 Å². The van der Waals surface area contributed by atoms with Gasteiger partial charge in [-0.3, -0.25) is 14.6 Å². The lowest BCUT2D eigenvalue weighted by molar-refractivity contribution is -0.185. The van der Waals surface area contributed by atoms with E-state index < -0.39 is 7.12 Å². The lowest BCUT2D eigenvalue weighted by Gasteiger charge is -2.63. The first-order valence-electron chi connectivity index (χ1n) is 11.6. The number of ketones is 1. The van der Waals surface area contributed by atoms with Crippen LogP contribution in [0.25, 0.3) is 0 Å². The number of rotatable bonds is 8. The maximum atomic E-state index is 13.0. The second-order valence-corrected chi connectivity index (χ2v) is 11.6. The summed E-state index contributed by atoms with van der Waals surface area (Å²) < 4.78 is 13.2. The van der Waals surface area contributed by atoms with Crippen molar-refractivity contribution in [2.75, 3.05) is 0 Å². The summed E-state index contributed by atoms with van der Waals surface area (Å²) in [6.07, 6.45) is 6.10. The van der Waals surface area contributed by atoms with Gasteiger partial charge >= 0.3 is 7.12 Å². The zero-order valence-corrected chi connectivity index (χ0v) is 19.8. The standard InChI is InChI=1S/C25H30BNO4S/c1-24(2)17-10-22(24)23-25(3,14-17)31-26(30-23)18(11-19-9-16(15-28)6-7-27-19)12-20(29)13-21-5-4-8-32-21/h4-9,15,17-18,22-23H,10-14H2,1-3H3/t17-,18+,22+,23?,25+/m1/s1. The Labute approximate surface area is 194 Å². The van der Waals surface area contributed by atoms with Crippen LogP contribution < -0.4 is 0 Å². The maximum absolute atomic E-state index is 13.0. The fourth-order valence-corrected chi connectivity index (χ4v) is 6.87. The number of hydrogen-bond donors (Lipinski definition) is 0. The Morgan fingerprint density at radius 2 is 2.22 bits per heavy atom. The van der Waals surface area contributed by atoms with E-state index >= 15 is 0 Å². The second-order valence-electron chi connectivity index (χ2n) is 10.6. The molecule has 3 saturated carbocycles. The SMILES string of the molecule is CC1(C)[C@@H]2C[C@H]1C1OB([C@H](CC(=O)Cc3cccs3)Cc3cc(C=O)ccn3)O[C@@]1(C)C2. The van der Waals surface area contributed by atoms with E-state index in [2.05, 4.69) is 25.8 Å². The van der Waals surface area contributed by atoms with E-state index in [0.29, 0.717) is 36.7 Å². The Morgan fingerprint density at radius 1 is 1.38 bits per heavy atom. The summed E-state index contributed by atoms with van der Waals surface area (Å²) in [6.45, 7) is 6.87. The van der Waals surface area contributed by atoms with Crippen LogP contribution in [0.5, 0.6) is 0 Å². The van der Waals surface area contributed by atoms with Crippen LogP contribution in [0, 0.1) is 17.3 Å². The van der Waals surface area contributed by atoms with Gasteiger partial charge in [0.15, 0.2) is 0 Å². The average Bonchev–Trinajstić information content (AvgIpc) is 3.39. The summed E-state index contributed by atoms with van der Waals surface area (Å²) in [6, 6.07) is 7.47. The molecule has 0 spiro atoms. The van der Waals surface area contributed by atoms with Crippen molar-refractivity contribution in [1.82, 2.24) is 4.98 Å². The number of pyridine rings is 1. The van der Waals surface area contributed by atoms with Crippen molar-refractivity contribution in [3.63, 3.8) is 0 Å². The van der Waals surface area contributed by atoms with Crippen LogP contribution in [-0.2, 0) is 26.9 Å². The zero-order valence-electron chi connectivity index (χ0n) is 19.0. The molecule has 0 aromatic carbocycles. The number of aldehydes is 1. The van der Waals surface area contributed by atoms with Crippen LogP contribution in [0.15, 0.2) is 35.8 Å². The van der Waals surface area contributed by atoms with Crippen LogP contribution in [0.1, 0.15) is 61.0 Å². The summed E-state index contributed by atoms with van der Waals surface area (Å²) in [7, 11) is -0.436. The van der Waals surface area contributed by atoms with E-state index in [1.54, 1.807) is 29.7 Å². The Balaban J connectivity index is 1.36. The lowest BCUT2D eigenvalue weighted by Crippen LogP contribution is -2.63. The highest BCUT2D eigenvalue weighted by atomic mass is 32.1. The third-order valence-electron chi connectivity index (χ3n) is 8.11. The molecule has 0 N–H and O–H groups in total. The van der Waals surface area contributed by atoms with E-state index in [1.807, 2.05) is 17.5 Å². The molecule has 0 amide bonds. The maximum Gasteiger partial charge on any atom is 0.461 e. The number of Topliss-reactive ketones (excluding diaryl/α,β-unsaturated/α-hetero) is 1. The van der Waals surface area contributed by atoms with E-state index in [4.69, 9.17) is 9.31 Å². The molecule has 5 atom stereocenters. The predicted octanol–water partition coefficient (Wildman–Crippen LogP) is 4.80. The molecule has 6 rings (SSSR count). The first-order valence-corrected chi connectivity index (χ1v) is 12.4. The van der Waals surface area contributed by atoms with Gasteiger partial charge in [0, 0.05) is 41.0 Å². The van der Waals surface area contributed by atoms with Gasteiger partial charge in [0.2, 0.25) is 0 Å². The predicted molar refractivity (Wildman–Crippen MR) is 125 cm³/mol. The molecular formula is C25H30BNO4S. The van der Waals surface area contributed by atoms with E-state index in [1.165, 1.54) is 6.42 Å². The van der Waals surface area contributed by atoms with Crippen molar-refractivity contribution in [3.05, 3.63) is 52.0 Å². The number of carbonyl (C=O) groups excluding carboxylic acids is 2. The van der Waals surface area contributed by atoms with Crippen LogP contribution in [0.2, 0.25) is 5.82 Å². The Kier molecular flexibility index (Phi) is 5.63. The third kappa shape index (κ3) is 3.89. The van der Waals surface area contributed by atoms with Gasteiger partial charge in [0.25, 0.3) is 0 Å². The van der Waals surface area contributed by atoms with Crippen LogP contribution in [0.4, 0.5) is 0 Å². The molecular weight excluding hydrogens is 421 g/mol. The van der Waals surface area contributed by atoms with Crippen molar-refractivity contribution in [1.29, 1.82) is 0 Å². The minimum Gasteiger partial charge on any atom is -0.405 e. The molecule has 2 aromatic rings. The smallest absolute Gasteiger partial charge is 0.405 e. The molecule has 4 aliphatic rings. The molecule has 4 fully saturated rings. The van der Waals surface area contributed by atoms with E-state index in [-0.39, 0.29) is 28.7 Å². The minimum atomic E-state index is -0.436. The fourth-order valence-electron chi connectivity index (χ4n) is 6.13. The lowest BCUT2D eigenvalue weighted by atomic mass is 9.45. The number of hydrogen-bond acceptors (Lipinski definition) is 6. The van der Waals surface area contributed by atoms with Gasteiger partial charge in [-0.25, -0.2) is 0 Å². The van der Waals surface area contributed by atoms with Gasteiger partial charge in [-0.1, -0.05) is 19.9 Å². The van der Waals surface area contributed by atoms with Crippen LogP contribution >= 0.6 is 11.3 Å². The van der Waals surface area contributed by atoms with Crippen molar-refractivity contribution >= 4 is 30.5 Å². The normalized spacial score (nSPS) is 31.0. The van der Waals surface area contributed by atoms with Gasteiger partial charge in [0.1, 0.15) is 12.1 Å². The van der Waals surface area contributed by atoms with Gasteiger partial charge in [0.05, 0.1) is 11.7 Å². The molecule has 0 radical (unpaired) electrons. The van der Waals surface area contributed by atoms with Crippen molar-refractivity contribution in [3.8, 4) is 0 Å². The highest BCUT2D eigenvalue weighted by molar-refractivity contribution is 7.10. The molecule has 3 heterocycles. The third-order valence-corrected chi connectivity index (χ3v) is 8.98. The summed E-state index contributed by atoms with van der Waals surface area (Å²) in [5, 5.41) is 2.00. The number of carbonyl (C=O) groups is 2. The summed E-state index contributed by atoms with van der Waals surface area (Å²) in [5.41, 5.74) is 1.38. The molecule has 2 aromatic heterocycles. The Hall–Kier alpha value is -1.83. The van der Waals surface area contributed by atoms with E-state index in [9.17, 15) is 9.59 Å². The molecule has 5 nitrogen and oxygen atoms in total. The van der Waals surface area contributed by atoms with Crippen molar-refractivity contribution in [2.24, 2.45) is 17.3 Å². The number of thiophene rings is 1. The minimum absolute atomic E-state index is 0.0664. The highest BCUT2D eigenvalue weighted by Crippen LogP contribution is 2.65. The molecule has 7 heteroatoms. The Morgan fingerprint density at radius 3 is 2.94 bits per heavy atom. The quantitative estimate of drug-likeness (QED) is 0.426. The largest absolute Gasteiger partial charge is 0.461 e. The monoisotopic (exact) mass is 451 g/mol. The molecule has 3 aliphatic carbocycles. The summed E-state index contributed by atoms with van der Waals surface area (Å²) in [5.74, 6) is 1.21. The molecule has 2 bridgehead atoms. The van der Waals surface area contributed by atoms with Gasteiger partial charge < -0.3 is 9.31 Å². The van der Waals surface area contributed by atoms with Gasteiger partial charge in [-0.05, 0) is 67.0 Å². The van der Waals surface area contributed by atoms with Crippen LogP contribution in [0.3, 0.4) is 0 Å². The van der Waals surface area contributed by atoms with E-state index in [0.717, 1.165) is 23.3 Å². The second kappa shape index (κ2) is 8.19. The summed E-state index contributed by atoms with van der Waals surface area (Å²) >= 11 is 1.61. The molecule has 1 aliphatic heterocycles. The van der Waals surface area contributed by atoms with Gasteiger partial charge in [-0.15, -0.1) is 11.3 Å². The van der Waals surface area contributed by atoms with Gasteiger partial charge in [-0.2, -0.15) is 0 Å². The first-order chi connectivity index (χ1) is 15.3. The molecule has 1 unspecified atom stereocenters. The number of aromatic nitrogens is 1. The summed E-state index contributed by atoms with van der Waals surface area (Å²) in [4.78, 5) is 29.8. The zero-order chi connectivity index (χ0) is 22.5.